The van der Waals surface area contributed by atoms with Gasteiger partial charge in [-0.25, -0.2) is 0 Å². The van der Waals surface area contributed by atoms with Crippen molar-refractivity contribution in [2.45, 2.75) is 20.3 Å². The van der Waals surface area contributed by atoms with E-state index in [2.05, 4.69) is 31.3 Å². The van der Waals surface area contributed by atoms with Gasteiger partial charge in [-0.2, -0.15) is 0 Å². The topological polar surface area (TPSA) is 21.3 Å². The number of ether oxygens (including phenoxy) is 1. The van der Waals surface area contributed by atoms with Gasteiger partial charge in [0, 0.05) is 0 Å². The zero-order chi connectivity index (χ0) is 10.4. The lowest BCUT2D eigenvalue weighted by molar-refractivity contribution is 0.309. The Hall–Kier alpha value is -1.02. The van der Waals surface area contributed by atoms with Gasteiger partial charge in [-0.15, -0.1) is 0 Å². The van der Waals surface area contributed by atoms with Crippen LogP contribution >= 0.6 is 0 Å². The average molecular weight is 193 g/mol. The number of rotatable bonds is 5. The first-order valence-electron chi connectivity index (χ1n) is 5.08. The van der Waals surface area contributed by atoms with Crippen LogP contribution in [0.5, 0.6) is 5.75 Å². The van der Waals surface area contributed by atoms with E-state index in [1.54, 1.807) is 0 Å². The van der Waals surface area contributed by atoms with E-state index in [-0.39, 0.29) is 0 Å². The van der Waals surface area contributed by atoms with Gasteiger partial charge in [0.1, 0.15) is 5.75 Å². The Bertz CT molecular complexity index is 284. The predicted octanol–water partition coefficient (Wildman–Crippen LogP) is 2.29. The monoisotopic (exact) mass is 193 g/mol. The molecule has 0 aromatic heterocycles. The van der Waals surface area contributed by atoms with Crippen molar-refractivity contribution in [1.29, 1.82) is 0 Å². The summed E-state index contributed by atoms with van der Waals surface area (Å²) in [5.74, 6) is 0.976. The van der Waals surface area contributed by atoms with Crippen molar-refractivity contribution in [3.05, 3.63) is 29.3 Å². The minimum absolute atomic E-state index is 0.781. The molecule has 0 amide bonds. The third-order valence-corrected chi connectivity index (χ3v) is 2.32. The van der Waals surface area contributed by atoms with Crippen LogP contribution < -0.4 is 10.1 Å². The number of aryl methyl sites for hydroxylation is 2. The molecule has 0 aliphatic rings. The third kappa shape index (κ3) is 3.38. The Morgan fingerprint density at radius 3 is 2.64 bits per heavy atom. The quantitative estimate of drug-likeness (QED) is 0.724. The van der Waals surface area contributed by atoms with Gasteiger partial charge < -0.3 is 10.1 Å². The van der Waals surface area contributed by atoms with E-state index in [4.69, 9.17) is 4.74 Å². The molecular formula is C12H19NO. The number of nitrogens with one attached hydrogen (secondary N) is 1. The second kappa shape index (κ2) is 5.66. The maximum atomic E-state index is 5.60. The van der Waals surface area contributed by atoms with Gasteiger partial charge in [0.2, 0.25) is 0 Å². The highest BCUT2D eigenvalue weighted by molar-refractivity contribution is 5.33. The fourth-order valence-corrected chi connectivity index (χ4v) is 1.24. The summed E-state index contributed by atoms with van der Waals surface area (Å²) in [5.41, 5.74) is 2.60. The minimum atomic E-state index is 0.781. The molecule has 2 nitrogen and oxygen atoms in total. The van der Waals surface area contributed by atoms with Crippen molar-refractivity contribution in [2.75, 3.05) is 20.2 Å². The zero-order valence-electron chi connectivity index (χ0n) is 9.26. The Labute approximate surface area is 86.3 Å². The van der Waals surface area contributed by atoms with E-state index in [1.807, 2.05) is 13.1 Å². The van der Waals surface area contributed by atoms with Crippen LogP contribution in [0.1, 0.15) is 17.5 Å². The first kappa shape index (κ1) is 11.1. The smallest absolute Gasteiger partial charge is 0.119 e. The molecule has 2 heteroatoms. The van der Waals surface area contributed by atoms with Crippen LogP contribution in [0.3, 0.4) is 0 Å². The molecule has 0 aliphatic carbocycles. The number of hydrogen-bond donors (Lipinski definition) is 1. The van der Waals surface area contributed by atoms with E-state index >= 15 is 0 Å². The van der Waals surface area contributed by atoms with E-state index in [9.17, 15) is 0 Å². The van der Waals surface area contributed by atoms with Crippen LogP contribution in [-0.4, -0.2) is 20.2 Å². The van der Waals surface area contributed by atoms with E-state index < -0.39 is 0 Å². The van der Waals surface area contributed by atoms with Gasteiger partial charge in [0.25, 0.3) is 0 Å². The summed E-state index contributed by atoms with van der Waals surface area (Å²) in [6.45, 7) is 6.00. The molecule has 0 atom stereocenters. The number of benzene rings is 1. The maximum absolute atomic E-state index is 5.60. The van der Waals surface area contributed by atoms with Crippen molar-refractivity contribution >= 4 is 0 Å². The summed E-state index contributed by atoms with van der Waals surface area (Å²) in [6.07, 6.45) is 1.05. The second-order valence-corrected chi connectivity index (χ2v) is 3.55. The summed E-state index contributed by atoms with van der Waals surface area (Å²) in [4.78, 5) is 0. The SMILES string of the molecule is CNCCCOc1ccc(C)c(C)c1. The summed E-state index contributed by atoms with van der Waals surface area (Å²) in [6, 6.07) is 6.22. The fraction of sp³-hybridized carbons (Fsp3) is 0.500. The molecular weight excluding hydrogens is 174 g/mol. The zero-order valence-corrected chi connectivity index (χ0v) is 9.26. The van der Waals surface area contributed by atoms with Gasteiger partial charge in [0.05, 0.1) is 6.61 Å². The molecule has 0 radical (unpaired) electrons. The lowest BCUT2D eigenvalue weighted by Gasteiger charge is -2.07. The van der Waals surface area contributed by atoms with Gasteiger partial charge in [-0.1, -0.05) is 6.07 Å². The molecule has 0 heterocycles. The molecule has 0 spiro atoms. The van der Waals surface area contributed by atoms with Crippen molar-refractivity contribution < 1.29 is 4.74 Å². The van der Waals surface area contributed by atoms with E-state index in [0.29, 0.717) is 0 Å². The van der Waals surface area contributed by atoms with Crippen molar-refractivity contribution in [2.24, 2.45) is 0 Å². The molecule has 14 heavy (non-hydrogen) atoms. The van der Waals surface area contributed by atoms with Crippen LogP contribution in [0.2, 0.25) is 0 Å². The van der Waals surface area contributed by atoms with Crippen molar-refractivity contribution in [1.82, 2.24) is 5.32 Å². The Kier molecular flexibility index (Phi) is 4.47. The van der Waals surface area contributed by atoms with Crippen LogP contribution in [0.4, 0.5) is 0 Å². The van der Waals surface area contributed by atoms with Crippen LogP contribution in [0, 0.1) is 13.8 Å². The Morgan fingerprint density at radius 2 is 2.00 bits per heavy atom. The highest BCUT2D eigenvalue weighted by Crippen LogP contribution is 2.16. The first-order chi connectivity index (χ1) is 6.74. The second-order valence-electron chi connectivity index (χ2n) is 3.55. The molecule has 1 aromatic carbocycles. The van der Waals surface area contributed by atoms with Gasteiger partial charge in [-0.05, 0) is 57.1 Å². The first-order valence-corrected chi connectivity index (χ1v) is 5.08. The van der Waals surface area contributed by atoms with Gasteiger partial charge >= 0.3 is 0 Å². The molecule has 0 bridgehead atoms. The lowest BCUT2D eigenvalue weighted by atomic mass is 10.1. The minimum Gasteiger partial charge on any atom is -0.494 e. The van der Waals surface area contributed by atoms with E-state index in [0.717, 1.165) is 25.3 Å². The van der Waals surface area contributed by atoms with Gasteiger partial charge in [-0.3, -0.25) is 0 Å². The van der Waals surface area contributed by atoms with Crippen molar-refractivity contribution in [3.8, 4) is 5.75 Å². The van der Waals surface area contributed by atoms with Crippen molar-refractivity contribution in [3.63, 3.8) is 0 Å². The van der Waals surface area contributed by atoms with Crippen LogP contribution in [0.15, 0.2) is 18.2 Å². The summed E-state index contributed by atoms with van der Waals surface area (Å²) < 4.78 is 5.60. The molecule has 0 saturated carbocycles. The highest BCUT2D eigenvalue weighted by atomic mass is 16.5. The standard InChI is InChI=1S/C12H19NO/c1-10-5-6-12(9-11(10)2)14-8-4-7-13-3/h5-6,9,13H,4,7-8H2,1-3H3. The largest absolute Gasteiger partial charge is 0.494 e. The lowest BCUT2D eigenvalue weighted by Crippen LogP contribution is -2.11. The molecule has 78 valence electrons. The molecule has 1 rings (SSSR count). The molecule has 0 fully saturated rings. The predicted molar refractivity (Wildman–Crippen MR) is 60.0 cm³/mol. The fourth-order valence-electron chi connectivity index (χ4n) is 1.24. The summed E-state index contributed by atoms with van der Waals surface area (Å²) in [5, 5.41) is 3.09. The molecule has 0 unspecified atom stereocenters. The summed E-state index contributed by atoms with van der Waals surface area (Å²) >= 11 is 0. The van der Waals surface area contributed by atoms with E-state index in [1.165, 1.54) is 11.1 Å². The van der Waals surface area contributed by atoms with Crippen LogP contribution in [-0.2, 0) is 0 Å². The molecule has 1 aromatic rings. The number of hydrogen-bond acceptors (Lipinski definition) is 2. The molecule has 0 aliphatic heterocycles. The molecule has 0 saturated heterocycles. The Morgan fingerprint density at radius 1 is 1.21 bits per heavy atom. The third-order valence-electron chi connectivity index (χ3n) is 2.32. The highest BCUT2D eigenvalue weighted by Gasteiger charge is 1.96. The van der Waals surface area contributed by atoms with Crippen LogP contribution in [0.25, 0.3) is 0 Å². The summed E-state index contributed by atoms with van der Waals surface area (Å²) in [7, 11) is 1.95. The maximum Gasteiger partial charge on any atom is 0.119 e. The average Bonchev–Trinajstić information content (AvgIpc) is 2.18. The normalized spacial score (nSPS) is 10.2. The van der Waals surface area contributed by atoms with Gasteiger partial charge in [0.15, 0.2) is 0 Å². The Balaban J connectivity index is 2.39. The molecule has 1 N–H and O–H groups in total.